The molecule has 0 radical (unpaired) electrons. The third-order valence-corrected chi connectivity index (χ3v) is 9.72. The van der Waals surface area contributed by atoms with Crippen molar-refractivity contribution in [2.45, 2.75) is 70.0 Å². The second-order valence-corrected chi connectivity index (χ2v) is 13.1. The summed E-state index contributed by atoms with van der Waals surface area (Å²) in [4.78, 5) is 29.0. The molecule has 0 heterocycles. The molecule has 3 aromatic rings. The highest BCUT2D eigenvalue weighted by Gasteiger charge is 2.34. The van der Waals surface area contributed by atoms with Crippen LogP contribution in [0.4, 0.5) is 5.69 Å². The molecule has 2 amide bonds. The molecule has 10 heteroatoms. The van der Waals surface area contributed by atoms with Crippen LogP contribution >= 0.6 is 11.6 Å². The van der Waals surface area contributed by atoms with E-state index >= 15 is 0 Å². The van der Waals surface area contributed by atoms with Gasteiger partial charge in [-0.15, -0.1) is 0 Å². The number of rotatable bonds is 11. The van der Waals surface area contributed by atoms with E-state index in [4.69, 9.17) is 16.3 Å². The lowest BCUT2D eigenvalue weighted by Gasteiger charge is -2.33. The molecule has 1 saturated carbocycles. The van der Waals surface area contributed by atoms with Gasteiger partial charge in [-0.3, -0.25) is 13.9 Å². The first-order chi connectivity index (χ1) is 20.0. The summed E-state index contributed by atoms with van der Waals surface area (Å²) in [6.07, 6.45) is 3.92. The molecule has 8 nitrogen and oxygen atoms in total. The summed E-state index contributed by atoms with van der Waals surface area (Å²) < 4.78 is 34.4. The van der Waals surface area contributed by atoms with E-state index < -0.39 is 28.5 Å². The zero-order chi connectivity index (χ0) is 30.4. The first-order valence-electron chi connectivity index (χ1n) is 14.1. The van der Waals surface area contributed by atoms with E-state index in [-0.39, 0.29) is 23.4 Å². The van der Waals surface area contributed by atoms with Crippen LogP contribution in [0.15, 0.2) is 71.6 Å². The van der Waals surface area contributed by atoms with E-state index in [0.29, 0.717) is 22.0 Å². The maximum absolute atomic E-state index is 14.1. The minimum atomic E-state index is -4.18. The number of carbonyl (C=O) groups excluding carboxylic acids is 2. The molecule has 1 aliphatic rings. The number of hydrogen-bond acceptors (Lipinski definition) is 5. The molecule has 0 bridgehead atoms. The lowest BCUT2D eigenvalue weighted by atomic mass is 10.1. The van der Waals surface area contributed by atoms with Gasteiger partial charge in [-0.2, -0.15) is 0 Å². The molecule has 0 saturated heterocycles. The number of nitrogens with zero attached hydrogens (tertiary/aromatic N) is 2. The smallest absolute Gasteiger partial charge is 0.264 e. The Morgan fingerprint density at radius 2 is 1.64 bits per heavy atom. The van der Waals surface area contributed by atoms with Crippen molar-refractivity contribution in [1.29, 1.82) is 0 Å². The van der Waals surface area contributed by atoms with E-state index in [0.717, 1.165) is 41.1 Å². The van der Waals surface area contributed by atoms with E-state index in [9.17, 15) is 18.0 Å². The molecule has 0 spiro atoms. The minimum absolute atomic E-state index is 0.0500. The number of sulfonamides is 1. The fourth-order valence-electron chi connectivity index (χ4n) is 5.10. The maximum Gasteiger partial charge on any atom is 0.264 e. The van der Waals surface area contributed by atoms with Gasteiger partial charge in [0.2, 0.25) is 11.8 Å². The molecule has 3 aromatic carbocycles. The summed E-state index contributed by atoms with van der Waals surface area (Å²) >= 11 is 6.30. The number of aryl methyl sites for hydroxylation is 2. The van der Waals surface area contributed by atoms with Gasteiger partial charge < -0.3 is 15.0 Å². The summed E-state index contributed by atoms with van der Waals surface area (Å²) in [5.74, 6) is -0.124. The van der Waals surface area contributed by atoms with E-state index in [1.54, 1.807) is 63.4 Å². The van der Waals surface area contributed by atoms with Gasteiger partial charge in [-0.05, 0) is 81.1 Å². The second kappa shape index (κ2) is 13.6. The van der Waals surface area contributed by atoms with Crippen LogP contribution < -0.4 is 14.4 Å². The molecular weight excluding hydrogens is 574 g/mol. The van der Waals surface area contributed by atoms with Gasteiger partial charge in [0, 0.05) is 17.6 Å². The monoisotopic (exact) mass is 611 g/mol. The molecule has 42 heavy (non-hydrogen) atoms. The quantitative estimate of drug-likeness (QED) is 0.303. The number of halogens is 1. The summed E-state index contributed by atoms with van der Waals surface area (Å²) in [6.45, 7) is 4.90. The number of ether oxygens (including phenoxy) is 1. The van der Waals surface area contributed by atoms with Crippen molar-refractivity contribution in [3.8, 4) is 5.75 Å². The van der Waals surface area contributed by atoms with Crippen LogP contribution in [-0.2, 0) is 26.2 Å². The van der Waals surface area contributed by atoms with Crippen molar-refractivity contribution in [2.75, 3.05) is 18.0 Å². The zero-order valence-electron chi connectivity index (χ0n) is 24.5. The first-order valence-corrected chi connectivity index (χ1v) is 15.9. The lowest BCUT2D eigenvalue weighted by molar-refractivity contribution is -0.139. The molecule has 1 atom stereocenters. The molecule has 0 unspecified atom stereocenters. The van der Waals surface area contributed by atoms with Crippen molar-refractivity contribution in [2.24, 2.45) is 0 Å². The molecule has 1 N–H and O–H groups in total. The highest BCUT2D eigenvalue weighted by atomic mass is 35.5. The van der Waals surface area contributed by atoms with Crippen LogP contribution in [-0.4, -0.2) is 50.9 Å². The van der Waals surface area contributed by atoms with Gasteiger partial charge in [-0.25, -0.2) is 8.42 Å². The minimum Gasteiger partial charge on any atom is -0.497 e. The highest BCUT2D eigenvalue weighted by Crippen LogP contribution is 2.30. The Morgan fingerprint density at radius 1 is 1.00 bits per heavy atom. The Balaban J connectivity index is 1.71. The molecular formula is C32H38ClN3O5S. The van der Waals surface area contributed by atoms with Crippen molar-refractivity contribution >= 4 is 39.1 Å². The van der Waals surface area contributed by atoms with Crippen LogP contribution in [0.2, 0.25) is 5.02 Å². The van der Waals surface area contributed by atoms with Gasteiger partial charge >= 0.3 is 0 Å². The number of nitrogens with one attached hydrogen (secondary N) is 1. The third-order valence-electron chi connectivity index (χ3n) is 7.71. The summed E-state index contributed by atoms with van der Waals surface area (Å²) in [6, 6.07) is 17.8. The molecule has 0 aliphatic heterocycles. The lowest BCUT2D eigenvalue weighted by Crippen LogP contribution is -2.52. The van der Waals surface area contributed by atoms with Crippen molar-refractivity contribution in [3.63, 3.8) is 0 Å². The van der Waals surface area contributed by atoms with Gasteiger partial charge in [0.15, 0.2) is 0 Å². The normalized spacial score (nSPS) is 14.3. The predicted molar refractivity (Wildman–Crippen MR) is 165 cm³/mol. The summed E-state index contributed by atoms with van der Waals surface area (Å²) in [7, 11) is -2.60. The predicted octanol–water partition coefficient (Wildman–Crippen LogP) is 5.64. The van der Waals surface area contributed by atoms with Crippen LogP contribution in [0.5, 0.6) is 5.75 Å². The number of anilines is 1. The van der Waals surface area contributed by atoms with Gasteiger partial charge in [0.05, 0.1) is 17.7 Å². The molecule has 1 fully saturated rings. The topological polar surface area (TPSA) is 96.0 Å². The highest BCUT2D eigenvalue weighted by molar-refractivity contribution is 7.92. The Labute approximate surface area is 253 Å². The van der Waals surface area contributed by atoms with Crippen LogP contribution in [0.1, 0.15) is 49.3 Å². The number of benzene rings is 3. The number of hydrogen-bond donors (Lipinski definition) is 1. The largest absolute Gasteiger partial charge is 0.497 e. The third kappa shape index (κ3) is 7.44. The van der Waals surface area contributed by atoms with Crippen LogP contribution in [0.3, 0.4) is 0 Å². The standard InChI is InChI=1S/C32H38ClN3O5S/c1-22-9-17-29(18-10-22)42(39,40)36(30-19-26(33)14-11-23(30)2)21-31(37)35(20-25-12-15-28(41-4)16-13-25)24(3)32(38)34-27-7-5-6-8-27/h9-19,24,27H,5-8,20-21H2,1-4H3,(H,34,38)/t24-/m0/s1. The molecule has 0 aromatic heterocycles. The van der Waals surface area contributed by atoms with Gasteiger partial charge in [0.1, 0.15) is 18.3 Å². The second-order valence-electron chi connectivity index (χ2n) is 10.8. The van der Waals surface area contributed by atoms with Gasteiger partial charge in [0.25, 0.3) is 10.0 Å². The average molecular weight is 612 g/mol. The van der Waals surface area contributed by atoms with Gasteiger partial charge in [-0.1, -0.05) is 60.3 Å². The summed E-state index contributed by atoms with van der Waals surface area (Å²) in [5, 5.41) is 3.42. The molecule has 224 valence electrons. The van der Waals surface area contributed by atoms with E-state index in [2.05, 4.69) is 5.32 Å². The fraction of sp³-hybridized carbons (Fsp3) is 0.375. The average Bonchev–Trinajstić information content (AvgIpc) is 3.49. The molecule has 4 rings (SSSR count). The summed E-state index contributed by atoms with van der Waals surface area (Å²) in [5.41, 5.74) is 2.61. The Hall–Kier alpha value is -3.56. The Morgan fingerprint density at radius 3 is 2.26 bits per heavy atom. The molecule has 1 aliphatic carbocycles. The van der Waals surface area contributed by atoms with Crippen molar-refractivity contribution in [1.82, 2.24) is 10.2 Å². The zero-order valence-corrected chi connectivity index (χ0v) is 26.0. The van der Waals surface area contributed by atoms with Crippen LogP contribution in [0, 0.1) is 13.8 Å². The first kappa shape index (κ1) is 31.4. The number of carbonyl (C=O) groups is 2. The SMILES string of the molecule is COc1ccc(CN(C(=O)CN(c2cc(Cl)ccc2C)S(=O)(=O)c2ccc(C)cc2)[C@@H](C)C(=O)NC2CCCC2)cc1. The number of amides is 2. The fourth-order valence-corrected chi connectivity index (χ4v) is 6.74. The number of methoxy groups -OCH3 is 1. The Bertz CT molecular complexity index is 1500. The van der Waals surface area contributed by atoms with Crippen LogP contribution in [0.25, 0.3) is 0 Å². The maximum atomic E-state index is 14.1. The van der Waals surface area contributed by atoms with E-state index in [1.165, 1.54) is 17.0 Å². The van der Waals surface area contributed by atoms with Crippen molar-refractivity contribution < 1.29 is 22.7 Å². The van der Waals surface area contributed by atoms with E-state index in [1.807, 2.05) is 19.1 Å². The Kier molecular flexibility index (Phi) is 10.2. The van der Waals surface area contributed by atoms with Crippen molar-refractivity contribution in [3.05, 3.63) is 88.4 Å².